The number of aldehydes is 1. The normalized spacial score (nSPS) is 11.9. The maximum Gasteiger partial charge on any atom is 0.325 e. The van der Waals surface area contributed by atoms with Gasteiger partial charge in [-0.05, 0) is 65.5 Å². The molecule has 0 atom stereocenters. The van der Waals surface area contributed by atoms with Crippen LogP contribution in [0, 0.1) is 11.3 Å². The van der Waals surface area contributed by atoms with E-state index in [0.29, 0.717) is 19.4 Å². The number of anilines is 3. The standard InChI is InChI=1S/C13H18N2O2.C11H10BrN3O2/c1-2-17-13(16)9-15-7-3-4-10-8-11(14)5-6-12(10)15;1-15(2)11(17)8-7(5-16)3-6(4-13)10(14)9(8)12/h5-6,8H,2-4,7,9,14H2,1H3;3,5H,14H2,1-2H3. The van der Waals surface area contributed by atoms with E-state index in [1.54, 1.807) is 14.1 Å². The summed E-state index contributed by atoms with van der Waals surface area (Å²) >= 11 is 3.15. The predicted octanol–water partition coefficient (Wildman–Crippen LogP) is 3.00. The third-order valence-electron chi connectivity index (χ3n) is 5.15. The van der Waals surface area contributed by atoms with Gasteiger partial charge in [-0.25, -0.2) is 0 Å². The van der Waals surface area contributed by atoms with Crippen molar-refractivity contribution in [3.05, 3.63) is 51.0 Å². The summed E-state index contributed by atoms with van der Waals surface area (Å²) in [7, 11) is 3.13. The fraction of sp³-hybridized carbons (Fsp3) is 0.333. The largest absolute Gasteiger partial charge is 0.465 e. The molecule has 2 aromatic carbocycles. The first-order chi connectivity index (χ1) is 16.1. The van der Waals surface area contributed by atoms with Crippen molar-refractivity contribution < 1.29 is 19.1 Å². The first-order valence-corrected chi connectivity index (χ1v) is 11.4. The van der Waals surface area contributed by atoms with Crippen LogP contribution in [0.1, 0.15) is 45.2 Å². The summed E-state index contributed by atoms with van der Waals surface area (Å²) in [6.07, 6.45) is 2.61. The zero-order valence-electron chi connectivity index (χ0n) is 19.4. The number of fused-ring (bicyclic) bond motifs is 1. The van der Waals surface area contributed by atoms with Gasteiger partial charge >= 0.3 is 5.97 Å². The number of rotatable bonds is 5. The topological polar surface area (TPSA) is 143 Å². The van der Waals surface area contributed by atoms with Crippen LogP contribution in [0.15, 0.2) is 28.7 Å². The number of carbonyl (C=O) groups is 3. The molecule has 0 saturated heterocycles. The number of nitrogens with two attached hydrogens (primary N) is 2. The van der Waals surface area contributed by atoms with Gasteiger partial charge in [0.15, 0.2) is 6.29 Å². The summed E-state index contributed by atoms with van der Waals surface area (Å²) in [6, 6.07) is 9.04. The van der Waals surface area contributed by atoms with Crippen LogP contribution in [0.25, 0.3) is 0 Å². The summed E-state index contributed by atoms with van der Waals surface area (Å²) in [5, 5.41) is 8.84. The van der Waals surface area contributed by atoms with Gasteiger partial charge < -0.3 is 26.0 Å². The number of nitrogens with zero attached hydrogens (tertiary/aromatic N) is 3. The lowest BCUT2D eigenvalue weighted by molar-refractivity contribution is -0.141. The molecule has 4 N–H and O–H groups in total. The molecule has 0 fully saturated rings. The summed E-state index contributed by atoms with van der Waals surface area (Å²) in [6.45, 7) is 3.48. The number of ether oxygens (including phenoxy) is 1. The highest BCUT2D eigenvalue weighted by Gasteiger charge is 2.21. The molecule has 10 heteroatoms. The Morgan fingerprint density at radius 1 is 1.29 bits per heavy atom. The molecule has 0 spiro atoms. The van der Waals surface area contributed by atoms with Crippen molar-refractivity contribution >= 4 is 51.2 Å². The Morgan fingerprint density at radius 2 is 2.00 bits per heavy atom. The molecule has 34 heavy (non-hydrogen) atoms. The van der Waals surface area contributed by atoms with E-state index in [2.05, 4.69) is 20.8 Å². The Morgan fingerprint density at radius 3 is 2.59 bits per heavy atom. The number of hydrogen-bond donors (Lipinski definition) is 2. The lowest BCUT2D eigenvalue weighted by atomic mass is 10.0. The Hall–Kier alpha value is -3.58. The lowest BCUT2D eigenvalue weighted by Gasteiger charge is -2.30. The van der Waals surface area contributed by atoms with Crippen LogP contribution in [0.5, 0.6) is 0 Å². The Labute approximate surface area is 207 Å². The highest BCUT2D eigenvalue weighted by Crippen LogP contribution is 2.31. The molecular weight excluding hydrogens is 502 g/mol. The second-order valence-electron chi connectivity index (χ2n) is 7.76. The van der Waals surface area contributed by atoms with Crippen LogP contribution in [0.4, 0.5) is 17.1 Å². The quantitative estimate of drug-likeness (QED) is 0.341. The zero-order valence-corrected chi connectivity index (χ0v) is 21.0. The van der Waals surface area contributed by atoms with E-state index in [0.717, 1.165) is 30.8 Å². The van der Waals surface area contributed by atoms with Crippen LogP contribution < -0.4 is 16.4 Å². The average Bonchev–Trinajstić information content (AvgIpc) is 2.80. The van der Waals surface area contributed by atoms with Crippen molar-refractivity contribution in [1.29, 1.82) is 5.26 Å². The van der Waals surface area contributed by atoms with Crippen molar-refractivity contribution in [1.82, 2.24) is 4.90 Å². The lowest BCUT2D eigenvalue weighted by Crippen LogP contribution is -2.35. The van der Waals surface area contributed by atoms with Gasteiger partial charge in [0.05, 0.1) is 27.9 Å². The van der Waals surface area contributed by atoms with Gasteiger partial charge in [-0.1, -0.05) is 0 Å². The molecule has 0 radical (unpaired) electrons. The smallest absolute Gasteiger partial charge is 0.325 e. The number of nitrogen functional groups attached to an aromatic ring is 2. The van der Waals surface area contributed by atoms with Crippen LogP contribution in [-0.2, 0) is 16.0 Å². The van der Waals surface area contributed by atoms with Crippen molar-refractivity contribution in [2.75, 3.05) is 50.2 Å². The van der Waals surface area contributed by atoms with Gasteiger partial charge in [-0.3, -0.25) is 14.4 Å². The molecule has 0 saturated carbocycles. The average molecular weight is 530 g/mol. The predicted molar refractivity (Wildman–Crippen MR) is 135 cm³/mol. The number of benzene rings is 2. The van der Waals surface area contributed by atoms with Gasteiger partial charge in [0.1, 0.15) is 12.6 Å². The number of hydrogen-bond acceptors (Lipinski definition) is 8. The van der Waals surface area contributed by atoms with Crippen LogP contribution in [-0.4, -0.2) is 56.9 Å². The fourth-order valence-corrected chi connectivity index (χ4v) is 4.15. The highest BCUT2D eigenvalue weighted by molar-refractivity contribution is 9.10. The third-order valence-corrected chi connectivity index (χ3v) is 5.97. The fourth-order valence-electron chi connectivity index (χ4n) is 3.53. The first kappa shape index (κ1) is 26.7. The highest BCUT2D eigenvalue weighted by atomic mass is 79.9. The summed E-state index contributed by atoms with van der Waals surface area (Å²) in [5.41, 5.74) is 15.2. The van der Waals surface area contributed by atoms with E-state index >= 15 is 0 Å². The van der Waals surface area contributed by atoms with E-state index in [9.17, 15) is 14.4 Å². The molecule has 1 aliphatic heterocycles. The van der Waals surface area contributed by atoms with Crippen LogP contribution in [0.2, 0.25) is 0 Å². The van der Waals surface area contributed by atoms with E-state index in [-0.39, 0.29) is 38.7 Å². The Balaban J connectivity index is 0.000000240. The second-order valence-corrected chi connectivity index (χ2v) is 8.56. The number of esters is 1. The summed E-state index contributed by atoms with van der Waals surface area (Å²) in [4.78, 5) is 37.7. The maximum atomic E-state index is 11.9. The molecular formula is C24H28BrN5O4. The molecule has 2 aromatic rings. The van der Waals surface area contributed by atoms with Crippen molar-refractivity contribution in [2.24, 2.45) is 0 Å². The molecule has 180 valence electrons. The minimum atomic E-state index is -0.352. The van der Waals surface area contributed by atoms with Gasteiger partial charge in [0, 0.05) is 37.6 Å². The van der Waals surface area contributed by atoms with Crippen molar-refractivity contribution in [2.45, 2.75) is 19.8 Å². The molecule has 1 heterocycles. The minimum absolute atomic E-state index is 0.140. The molecule has 3 rings (SSSR count). The number of carbonyl (C=O) groups excluding carboxylic acids is 3. The molecule has 0 aromatic heterocycles. The monoisotopic (exact) mass is 529 g/mol. The third kappa shape index (κ3) is 6.26. The van der Waals surface area contributed by atoms with Gasteiger partial charge in [0.25, 0.3) is 5.91 Å². The van der Waals surface area contributed by atoms with Gasteiger partial charge in [0.2, 0.25) is 0 Å². The van der Waals surface area contributed by atoms with Crippen LogP contribution in [0.3, 0.4) is 0 Å². The Bertz CT molecular complexity index is 1130. The first-order valence-electron chi connectivity index (χ1n) is 10.6. The van der Waals surface area contributed by atoms with Crippen LogP contribution >= 0.6 is 15.9 Å². The SMILES string of the molecule is CCOC(=O)CN1CCCc2cc(N)ccc21.CN(C)C(=O)c1c(C=O)cc(C#N)c(N)c1Br. The van der Waals surface area contributed by atoms with E-state index in [1.165, 1.54) is 16.5 Å². The molecule has 1 aliphatic rings. The molecule has 0 aliphatic carbocycles. The number of amides is 1. The number of halogens is 1. The minimum Gasteiger partial charge on any atom is -0.465 e. The van der Waals surface area contributed by atoms with E-state index < -0.39 is 0 Å². The Kier molecular flexibility index (Phi) is 9.45. The number of aryl methyl sites for hydroxylation is 1. The summed E-state index contributed by atoms with van der Waals surface area (Å²) in [5.74, 6) is -0.521. The van der Waals surface area contributed by atoms with Crippen molar-refractivity contribution in [3.63, 3.8) is 0 Å². The van der Waals surface area contributed by atoms with Gasteiger partial charge in [-0.2, -0.15) is 5.26 Å². The second kappa shape index (κ2) is 12.0. The zero-order chi connectivity index (χ0) is 25.4. The number of nitriles is 1. The summed E-state index contributed by atoms with van der Waals surface area (Å²) < 4.78 is 5.25. The molecule has 1 amide bonds. The molecule has 9 nitrogen and oxygen atoms in total. The maximum absolute atomic E-state index is 11.9. The van der Waals surface area contributed by atoms with E-state index in [4.69, 9.17) is 21.5 Å². The van der Waals surface area contributed by atoms with Gasteiger partial charge in [-0.15, -0.1) is 0 Å². The molecule has 0 bridgehead atoms. The van der Waals surface area contributed by atoms with E-state index in [1.807, 2.05) is 31.2 Å². The molecule has 0 unspecified atom stereocenters. The van der Waals surface area contributed by atoms with Crippen molar-refractivity contribution in [3.8, 4) is 6.07 Å².